The van der Waals surface area contributed by atoms with Crippen LogP contribution >= 0.6 is 24.2 Å². The van der Waals surface area contributed by atoms with E-state index in [4.69, 9.17) is 0 Å². The Morgan fingerprint density at radius 1 is 1.30 bits per heavy atom. The Balaban J connectivity index is 0.00000200. The van der Waals surface area contributed by atoms with Gasteiger partial charge >= 0.3 is 0 Å². The van der Waals surface area contributed by atoms with Gasteiger partial charge in [0.2, 0.25) is 5.91 Å². The summed E-state index contributed by atoms with van der Waals surface area (Å²) in [5, 5.41) is 6.17. The van der Waals surface area contributed by atoms with Crippen LogP contribution in [0.1, 0.15) is 33.6 Å². The number of benzene rings is 1. The van der Waals surface area contributed by atoms with Crippen molar-refractivity contribution in [3.8, 4) is 0 Å². The highest BCUT2D eigenvalue weighted by Crippen LogP contribution is 2.32. The summed E-state index contributed by atoms with van der Waals surface area (Å²) >= 11 is 1.83. The second-order valence-corrected chi connectivity index (χ2v) is 7.78. The first-order valence-electron chi connectivity index (χ1n) is 6.77. The van der Waals surface area contributed by atoms with E-state index >= 15 is 0 Å². The molecule has 1 aromatic carbocycles. The fourth-order valence-electron chi connectivity index (χ4n) is 2.10. The highest BCUT2D eigenvalue weighted by atomic mass is 35.5. The molecule has 2 rings (SSSR count). The van der Waals surface area contributed by atoms with Crippen molar-refractivity contribution < 1.29 is 4.79 Å². The van der Waals surface area contributed by atoms with Gasteiger partial charge in [0.15, 0.2) is 0 Å². The summed E-state index contributed by atoms with van der Waals surface area (Å²) in [5.41, 5.74) is 0.872. The average molecular weight is 315 g/mol. The van der Waals surface area contributed by atoms with Crippen LogP contribution in [0.3, 0.4) is 0 Å². The molecule has 5 heteroatoms. The van der Waals surface area contributed by atoms with Crippen LogP contribution < -0.4 is 10.6 Å². The molecule has 0 aliphatic carbocycles. The van der Waals surface area contributed by atoms with Gasteiger partial charge in [-0.05, 0) is 43.7 Å². The third-order valence-corrected chi connectivity index (χ3v) is 4.04. The second-order valence-electron chi connectivity index (χ2n) is 5.88. The molecular formula is C15H23ClN2OS. The second kappa shape index (κ2) is 7.34. The van der Waals surface area contributed by atoms with Crippen LogP contribution in [0.15, 0.2) is 29.2 Å². The first-order chi connectivity index (χ1) is 8.94. The van der Waals surface area contributed by atoms with Gasteiger partial charge < -0.3 is 10.6 Å². The number of rotatable bonds is 3. The van der Waals surface area contributed by atoms with E-state index in [2.05, 4.69) is 43.5 Å². The molecule has 0 bridgehead atoms. The maximum atomic E-state index is 11.9. The van der Waals surface area contributed by atoms with Gasteiger partial charge in [-0.2, -0.15) is 0 Å². The number of halogens is 1. The monoisotopic (exact) mass is 314 g/mol. The van der Waals surface area contributed by atoms with Crippen molar-refractivity contribution >= 4 is 35.8 Å². The van der Waals surface area contributed by atoms with E-state index in [9.17, 15) is 4.79 Å². The Hall–Kier alpha value is -0.710. The van der Waals surface area contributed by atoms with Gasteiger partial charge in [0.05, 0.1) is 6.04 Å². The van der Waals surface area contributed by atoms with Crippen LogP contribution in [0.5, 0.6) is 0 Å². The lowest BCUT2D eigenvalue weighted by Gasteiger charge is -2.17. The molecule has 1 aromatic rings. The molecule has 1 aliphatic rings. The molecule has 20 heavy (non-hydrogen) atoms. The molecule has 1 aliphatic heterocycles. The largest absolute Gasteiger partial charge is 0.325 e. The Kier molecular flexibility index (Phi) is 6.37. The van der Waals surface area contributed by atoms with Gasteiger partial charge in [-0.3, -0.25) is 4.79 Å². The smallest absolute Gasteiger partial charge is 0.241 e. The number of hydrogen-bond donors (Lipinski definition) is 2. The number of hydrogen-bond acceptors (Lipinski definition) is 3. The molecule has 0 aromatic heterocycles. The van der Waals surface area contributed by atoms with Gasteiger partial charge in [0, 0.05) is 15.3 Å². The van der Waals surface area contributed by atoms with Crippen molar-refractivity contribution in [1.82, 2.24) is 5.32 Å². The molecule has 1 saturated heterocycles. The zero-order valence-corrected chi connectivity index (χ0v) is 13.9. The summed E-state index contributed by atoms with van der Waals surface area (Å²) in [6.45, 7) is 7.52. The van der Waals surface area contributed by atoms with Crippen LogP contribution in [0.4, 0.5) is 5.69 Å². The van der Waals surface area contributed by atoms with Crippen LogP contribution in [-0.2, 0) is 4.79 Å². The topological polar surface area (TPSA) is 41.1 Å². The Morgan fingerprint density at radius 3 is 2.45 bits per heavy atom. The molecule has 112 valence electrons. The summed E-state index contributed by atoms with van der Waals surface area (Å²) in [6, 6.07) is 8.05. The van der Waals surface area contributed by atoms with Crippen molar-refractivity contribution in [2.45, 2.75) is 49.3 Å². The molecular weight excluding hydrogens is 292 g/mol. The van der Waals surface area contributed by atoms with Gasteiger partial charge in [0.1, 0.15) is 0 Å². The molecule has 1 atom stereocenters. The van der Waals surface area contributed by atoms with Gasteiger partial charge in [-0.1, -0.05) is 20.8 Å². The predicted molar refractivity (Wildman–Crippen MR) is 89.0 cm³/mol. The predicted octanol–water partition coefficient (Wildman–Crippen LogP) is 3.69. The first-order valence-corrected chi connectivity index (χ1v) is 7.59. The van der Waals surface area contributed by atoms with Crippen LogP contribution in [-0.4, -0.2) is 23.2 Å². The molecule has 1 heterocycles. The van der Waals surface area contributed by atoms with E-state index in [1.54, 1.807) is 0 Å². The maximum Gasteiger partial charge on any atom is 0.241 e. The third-order valence-electron chi connectivity index (χ3n) is 2.92. The molecule has 0 saturated carbocycles. The van der Waals surface area contributed by atoms with Crippen molar-refractivity contribution in [2.75, 3.05) is 11.9 Å². The van der Waals surface area contributed by atoms with E-state index < -0.39 is 0 Å². The molecule has 1 unspecified atom stereocenters. The SMILES string of the molecule is CC(C)(C)Sc1ccc(NC(=O)C2CCCN2)cc1.Cl. The zero-order valence-electron chi connectivity index (χ0n) is 12.2. The van der Waals surface area contributed by atoms with E-state index in [0.29, 0.717) is 0 Å². The summed E-state index contributed by atoms with van der Waals surface area (Å²) in [5.74, 6) is 0.0775. The minimum Gasteiger partial charge on any atom is -0.325 e. The number of carbonyl (C=O) groups is 1. The number of nitrogens with one attached hydrogen (secondary N) is 2. The van der Waals surface area contributed by atoms with Crippen LogP contribution in [0.2, 0.25) is 0 Å². The highest BCUT2D eigenvalue weighted by molar-refractivity contribution is 8.00. The first kappa shape index (κ1) is 17.3. The summed E-state index contributed by atoms with van der Waals surface area (Å²) in [4.78, 5) is 13.2. The van der Waals surface area contributed by atoms with E-state index in [0.717, 1.165) is 25.1 Å². The Morgan fingerprint density at radius 2 is 1.95 bits per heavy atom. The van der Waals surface area contributed by atoms with Crippen molar-refractivity contribution in [3.63, 3.8) is 0 Å². The minimum atomic E-state index is -0.0244. The summed E-state index contributed by atoms with van der Waals surface area (Å²) < 4.78 is 0.207. The number of amides is 1. The fourth-order valence-corrected chi connectivity index (χ4v) is 3.08. The molecule has 0 spiro atoms. The molecule has 0 radical (unpaired) electrons. The van der Waals surface area contributed by atoms with Crippen LogP contribution in [0.25, 0.3) is 0 Å². The Bertz CT molecular complexity index is 436. The standard InChI is InChI=1S/C15H22N2OS.ClH/c1-15(2,3)19-12-8-6-11(7-9-12)17-14(18)13-5-4-10-16-13;/h6-9,13,16H,4-5,10H2,1-3H3,(H,17,18);1H. The minimum absolute atomic E-state index is 0. The van der Waals surface area contributed by atoms with Gasteiger partial charge in [-0.15, -0.1) is 24.2 Å². The van der Waals surface area contributed by atoms with Gasteiger partial charge in [-0.25, -0.2) is 0 Å². The zero-order chi connectivity index (χ0) is 13.9. The van der Waals surface area contributed by atoms with Crippen molar-refractivity contribution in [2.24, 2.45) is 0 Å². The van der Waals surface area contributed by atoms with E-state index in [1.165, 1.54) is 4.90 Å². The Labute approximate surface area is 131 Å². The molecule has 3 nitrogen and oxygen atoms in total. The van der Waals surface area contributed by atoms with Crippen molar-refractivity contribution in [1.29, 1.82) is 0 Å². The normalized spacial score (nSPS) is 18.4. The average Bonchev–Trinajstić information content (AvgIpc) is 2.83. The third kappa shape index (κ3) is 5.35. The molecule has 2 N–H and O–H groups in total. The number of carbonyl (C=O) groups excluding carboxylic acids is 1. The summed E-state index contributed by atoms with van der Waals surface area (Å²) in [7, 11) is 0. The number of anilines is 1. The lowest BCUT2D eigenvalue weighted by Crippen LogP contribution is -2.35. The van der Waals surface area contributed by atoms with E-state index in [-0.39, 0.29) is 29.1 Å². The van der Waals surface area contributed by atoms with E-state index in [1.807, 2.05) is 23.9 Å². The molecule has 1 fully saturated rings. The quantitative estimate of drug-likeness (QED) is 0.836. The fraction of sp³-hybridized carbons (Fsp3) is 0.533. The van der Waals surface area contributed by atoms with Crippen molar-refractivity contribution in [3.05, 3.63) is 24.3 Å². The van der Waals surface area contributed by atoms with Gasteiger partial charge in [0.25, 0.3) is 0 Å². The lowest BCUT2D eigenvalue weighted by molar-refractivity contribution is -0.117. The molecule has 1 amide bonds. The summed E-state index contributed by atoms with van der Waals surface area (Å²) in [6.07, 6.45) is 2.02. The maximum absolute atomic E-state index is 11.9. The van der Waals surface area contributed by atoms with Crippen LogP contribution in [0, 0.1) is 0 Å². The lowest BCUT2D eigenvalue weighted by atomic mass is 10.2. The highest BCUT2D eigenvalue weighted by Gasteiger charge is 2.21. The number of thioether (sulfide) groups is 1.